The molecule has 2 aromatic heterocycles. The molecule has 1 saturated carbocycles. The van der Waals surface area contributed by atoms with Crippen LogP contribution < -0.4 is 0 Å². The molecule has 0 saturated heterocycles. The summed E-state index contributed by atoms with van der Waals surface area (Å²) in [6, 6.07) is 67.1. The van der Waals surface area contributed by atoms with E-state index in [-0.39, 0.29) is 5.41 Å². The average molecular weight is 784 g/mol. The summed E-state index contributed by atoms with van der Waals surface area (Å²) < 4.78 is 6.47. The zero-order valence-corrected chi connectivity index (χ0v) is 33.7. The minimum atomic E-state index is 0.148. The third kappa shape index (κ3) is 6.01. The van der Waals surface area contributed by atoms with E-state index in [0.717, 1.165) is 55.3 Å². The van der Waals surface area contributed by atoms with Crippen molar-refractivity contribution in [1.82, 2.24) is 15.0 Å². The molecule has 0 amide bonds. The average Bonchev–Trinajstić information content (AvgIpc) is 3.85. The molecule has 10 aromatic rings. The van der Waals surface area contributed by atoms with Crippen LogP contribution >= 0.6 is 0 Å². The molecule has 0 N–H and O–H groups in total. The van der Waals surface area contributed by atoms with Gasteiger partial charge in [0.15, 0.2) is 17.5 Å². The lowest BCUT2D eigenvalue weighted by molar-refractivity contribution is 0.353. The van der Waals surface area contributed by atoms with E-state index in [1.165, 1.54) is 71.0 Å². The Morgan fingerprint density at radius 2 is 0.869 bits per heavy atom. The molecule has 0 atom stereocenters. The van der Waals surface area contributed by atoms with Gasteiger partial charge in [0, 0.05) is 27.3 Å². The van der Waals surface area contributed by atoms with E-state index in [2.05, 4.69) is 158 Å². The molecule has 290 valence electrons. The Balaban J connectivity index is 0.896. The standard InChI is InChI=1S/C57H41N3O/c1-3-13-37(14-4-1)42-15-11-16-44(35-42)55-58-54(59-56(60-55)49-20-12-19-48-47-18-6-8-22-52(47)61-53(48)49)41-29-27-39(28-30-41)38-23-25-40(26-24-38)43-31-32-46-45-17-5-7-21-50(45)57(51(46)36-43)33-9-2-10-34-57/h1,3-8,11-32,35-36H,2,9-10,33-34H2. The van der Waals surface area contributed by atoms with Crippen LogP contribution in [0.4, 0.5) is 0 Å². The van der Waals surface area contributed by atoms with Crippen molar-refractivity contribution in [2.45, 2.75) is 37.5 Å². The number of furan rings is 1. The minimum Gasteiger partial charge on any atom is -0.455 e. The van der Waals surface area contributed by atoms with Gasteiger partial charge in [-0.3, -0.25) is 0 Å². The van der Waals surface area contributed by atoms with Crippen LogP contribution in [0.15, 0.2) is 192 Å². The third-order valence-electron chi connectivity index (χ3n) is 13.2. The molecule has 12 rings (SSSR count). The number of hydrogen-bond donors (Lipinski definition) is 0. The lowest BCUT2D eigenvalue weighted by atomic mass is 9.67. The Hall–Kier alpha value is -7.43. The second-order valence-electron chi connectivity index (χ2n) is 16.6. The van der Waals surface area contributed by atoms with Crippen molar-refractivity contribution in [2.24, 2.45) is 0 Å². The zero-order chi connectivity index (χ0) is 40.3. The first-order valence-corrected chi connectivity index (χ1v) is 21.5. The molecule has 4 nitrogen and oxygen atoms in total. The van der Waals surface area contributed by atoms with E-state index in [9.17, 15) is 0 Å². The second kappa shape index (κ2) is 14.4. The van der Waals surface area contributed by atoms with E-state index in [0.29, 0.717) is 17.5 Å². The number of para-hydroxylation sites is 2. The van der Waals surface area contributed by atoms with Gasteiger partial charge >= 0.3 is 0 Å². The fraction of sp³-hybridized carbons (Fsp3) is 0.105. The van der Waals surface area contributed by atoms with Crippen LogP contribution in [-0.4, -0.2) is 15.0 Å². The third-order valence-corrected chi connectivity index (χ3v) is 13.2. The van der Waals surface area contributed by atoms with Crippen LogP contribution in [0.1, 0.15) is 43.2 Å². The molecule has 2 aliphatic rings. The summed E-state index contributed by atoms with van der Waals surface area (Å²) in [5, 5.41) is 2.10. The van der Waals surface area contributed by atoms with Crippen LogP contribution in [0.25, 0.3) is 101 Å². The van der Waals surface area contributed by atoms with Crippen molar-refractivity contribution in [1.29, 1.82) is 0 Å². The van der Waals surface area contributed by atoms with E-state index < -0.39 is 0 Å². The fourth-order valence-corrected chi connectivity index (χ4v) is 10.1. The number of fused-ring (bicyclic) bond motifs is 8. The van der Waals surface area contributed by atoms with Gasteiger partial charge in [0.1, 0.15) is 11.2 Å². The van der Waals surface area contributed by atoms with Gasteiger partial charge in [0.2, 0.25) is 0 Å². The molecule has 1 fully saturated rings. The van der Waals surface area contributed by atoms with Crippen LogP contribution in [0, 0.1) is 0 Å². The SMILES string of the molecule is c1ccc(-c2cccc(-c3nc(-c4ccc(-c5ccc(-c6ccc7c(c6)C6(CCCCC6)c6ccccc6-7)cc5)cc4)nc(-c4cccc5c4oc4ccccc45)n3)c2)cc1. The van der Waals surface area contributed by atoms with Gasteiger partial charge in [-0.05, 0) is 92.7 Å². The Labute approximate surface area is 355 Å². The Bertz CT molecular complexity index is 3270. The first-order chi connectivity index (χ1) is 30.2. The monoisotopic (exact) mass is 783 g/mol. The largest absolute Gasteiger partial charge is 0.455 e. The Morgan fingerprint density at radius 1 is 0.344 bits per heavy atom. The lowest BCUT2D eigenvalue weighted by Gasteiger charge is -2.36. The molecule has 0 unspecified atom stereocenters. The second-order valence-corrected chi connectivity index (χ2v) is 16.6. The smallest absolute Gasteiger partial charge is 0.167 e. The van der Waals surface area contributed by atoms with Gasteiger partial charge in [-0.1, -0.05) is 183 Å². The number of nitrogens with zero attached hydrogens (tertiary/aromatic N) is 3. The van der Waals surface area contributed by atoms with Crippen LogP contribution in [-0.2, 0) is 5.41 Å². The highest BCUT2D eigenvalue weighted by atomic mass is 16.3. The summed E-state index contributed by atoms with van der Waals surface area (Å²) in [5.74, 6) is 1.78. The number of rotatable bonds is 6. The van der Waals surface area contributed by atoms with Crippen molar-refractivity contribution in [3.05, 3.63) is 199 Å². The van der Waals surface area contributed by atoms with Crippen molar-refractivity contribution < 1.29 is 4.42 Å². The molecule has 0 bridgehead atoms. The first-order valence-electron chi connectivity index (χ1n) is 21.5. The molecule has 4 heteroatoms. The molecular weight excluding hydrogens is 743 g/mol. The highest BCUT2D eigenvalue weighted by molar-refractivity contribution is 6.09. The van der Waals surface area contributed by atoms with Crippen molar-refractivity contribution >= 4 is 21.9 Å². The quantitative estimate of drug-likeness (QED) is 0.169. The predicted octanol–water partition coefficient (Wildman–Crippen LogP) is 15.0. The summed E-state index contributed by atoms with van der Waals surface area (Å²) in [5.41, 5.74) is 17.4. The summed E-state index contributed by atoms with van der Waals surface area (Å²) >= 11 is 0. The summed E-state index contributed by atoms with van der Waals surface area (Å²) in [6.07, 6.45) is 6.40. The van der Waals surface area contributed by atoms with Crippen LogP contribution in [0.3, 0.4) is 0 Å². The highest BCUT2D eigenvalue weighted by Crippen LogP contribution is 2.56. The fourth-order valence-electron chi connectivity index (χ4n) is 10.1. The van der Waals surface area contributed by atoms with Crippen LogP contribution in [0.2, 0.25) is 0 Å². The van der Waals surface area contributed by atoms with E-state index >= 15 is 0 Å². The maximum atomic E-state index is 6.47. The number of hydrogen-bond acceptors (Lipinski definition) is 4. The van der Waals surface area contributed by atoms with E-state index in [1.807, 2.05) is 30.3 Å². The zero-order valence-electron chi connectivity index (χ0n) is 33.7. The molecule has 8 aromatic carbocycles. The lowest BCUT2D eigenvalue weighted by Crippen LogP contribution is -2.28. The van der Waals surface area contributed by atoms with Crippen molar-refractivity contribution in [3.63, 3.8) is 0 Å². The van der Waals surface area contributed by atoms with Gasteiger partial charge in [-0.2, -0.15) is 0 Å². The molecule has 0 aliphatic heterocycles. The highest BCUT2D eigenvalue weighted by Gasteiger charge is 2.43. The Kier molecular flexibility index (Phi) is 8.38. The molecule has 0 radical (unpaired) electrons. The maximum absolute atomic E-state index is 6.47. The Morgan fingerprint density at radius 3 is 1.67 bits per heavy atom. The van der Waals surface area contributed by atoms with Gasteiger partial charge in [-0.15, -0.1) is 0 Å². The molecule has 1 spiro atoms. The van der Waals surface area contributed by atoms with Gasteiger partial charge in [-0.25, -0.2) is 15.0 Å². The van der Waals surface area contributed by atoms with Gasteiger partial charge in [0.25, 0.3) is 0 Å². The van der Waals surface area contributed by atoms with Gasteiger partial charge in [0.05, 0.1) is 5.56 Å². The normalized spacial score (nSPS) is 14.0. The molecule has 2 aliphatic carbocycles. The van der Waals surface area contributed by atoms with Crippen molar-refractivity contribution in [3.8, 4) is 78.7 Å². The van der Waals surface area contributed by atoms with Gasteiger partial charge < -0.3 is 4.42 Å². The predicted molar refractivity (Wildman–Crippen MR) is 249 cm³/mol. The minimum absolute atomic E-state index is 0.148. The summed E-state index contributed by atoms with van der Waals surface area (Å²) in [4.78, 5) is 15.4. The van der Waals surface area contributed by atoms with Crippen molar-refractivity contribution in [2.75, 3.05) is 0 Å². The maximum Gasteiger partial charge on any atom is 0.167 e. The van der Waals surface area contributed by atoms with E-state index in [1.54, 1.807) is 0 Å². The first kappa shape index (κ1) is 35.5. The molecule has 61 heavy (non-hydrogen) atoms. The summed E-state index contributed by atoms with van der Waals surface area (Å²) in [6.45, 7) is 0. The molecular formula is C57H41N3O. The topological polar surface area (TPSA) is 51.8 Å². The number of benzene rings is 8. The van der Waals surface area contributed by atoms with Crippen LogP contribution in [0.5, 0.6) is 0 Å². The number of aromatic nitrogens is 3. The summed E-state index contributed by atoms with van der Waals surface area (Å²) in [7, 11) is 0. The van der Waals surface area contributed by atoms with E-state index in [4.69, 9.17) is 19.4 Å². The molecule has 2 heterocycles.